The molecule has 5 nitrogen and oxygen atoms in total. The first-order valence-electron chi connectivity index (χ1n) is 12.4. The molecule has 0 radical (unpaired) electrons. The van der Waals surface area contributed by atoms with Crippen LogP contribution in [0.2, 0.25) is 0 Å². The quantitative estimate of drug-likeness (QED) is 0.238. The highest BCUT2D eigenvalue weighted by molar-refractivity contribution is 7.80. The van der Waals surface area contributed by atoms with E-state index in [2.05, 4.69) is 25.8 Å². The van der Waals surface area contributed by atoms with Crippen LogP contribution in [0, 0.1) is 12.7 Å². The zero-order valence-corrected chi connectivity index (χ0v) is 21.5. The Labute approximate surface area is 226 Å². The Hall–Kier alpha value is -4.49. The predicted octanol–water partition coefficient (Wildman–Crippen LogP) is 7.29. The summed E-state index contributed by atoms with van der Waals surface area (Å²) in [5.41, 5.74) is 4.75. The molecule has 0 bridgehead atoms. The molecule has 2 atom stereocenters. The highest BCUT2D eigenvalue weighted by Crippen LogP contribution is 2.42. The van der Waals surface area contributed by atoms with Gasteiger partial charge in [0.1, 0.15) is 23.4 Å². The molecule has 3 heterocycles. The number of halogens is 1. The first-order chi connectivity index (χ1) is 18.6. The summed E-state index contributed by atoms with van der Waals surface area (Å²) >= 11 is 5.88. The maximum Gasteiger partial charge on any atom is 0.174 e. The van der Waals surface area contributed by atoms with Crippen LogP contribution >= 0.6 is 12.2 Å². The number of thiocarbonyl (C=S) groups is 1. The third-order valence-electron chi connectivity index (χ3n) is 6.72. The molecule has 188 valence electrons. The van der Waals surface area contributed by atoms with Crippen molar-refractivity contribution in [2.75, 3.05) is 4.90 Å². The summed E-state index contributed by atoms with van der Waals surface area (Å²) < 4.78 is 21.9. The van der Waals surface area contributed by atoms with Crippen molar-refractivity contribution in [3.8, 4) is 17.2 Å². The highest BCUT2D eigenvalue weighted by atomic mass is 32.1. The molecule has 0 aliphatic carbocycles. The van der Waals surface area contributed by atoms with Gasteiger partial charge in [-0.05, 0) is 104 Å². The zero-order valence-electron chi connectivity index (χ0n) is 20.7. The number of nitrogens with one attached hydrogen (secondary N) is 1. The molecule has 1 aliphatic rings. The fourth-order valence-electron chi connectivity index (χ4n) is 4.88. The lowest BCUT2D eigenvalue weighted by molar-refractivity contribution is 0.479. The smallest absolute Gasteiger partial charge is 0.174 e. The van der Waals surface area contributed by atoms with E-state index in [4.69, 9.17) is 17.0 Å². The SMILES string of the molecule is Cc1ccccc1Oc1ccc(N2C(=S)N[C@@H](c3ccccn3)[C@@H]2c2cccn2-c2ccc(F)cc2)cc1. The average molecular weight is 521 g/mol. The van der Waals surface area contributed by atoms with Crippen LogP contribution in [0.25, 0.3) is 5.69 Å². The van der Waals surface area contributed by atoms with Crippen molar-refractivity contribution in [3.05, 3.63) is 138 Å². The van der Waals surface area contributed by atoms with Crippen LogP contribution in [0.1, 0.15) is 29.0 Å². The molecule has 38 heavy (non-hydrogen) atoms. The van der Waals surface area contributed by atoms with Crippen molar-refractivity contribution in [2.24, 2.45) is 0 Å². The summed E-state index contributed by atoms with van der Waals surface area (Å²) in [6.45, 7) is 2.02. The Bertz CT molecular complexity index is 1570. The maximum absolute atomic E-state index is 13.7. The van der Waals surface area contributed by atoms with Gasteiger partial charge in [-0.3, -0.25) is 4.98 Å². The summed E-state index contributed by atoms with van der Waals surface area (Å²) in [5.74, 6) is 1.30. The normalized spacial score (nSPS) is 16.9. The Morgan fingerprint density at radius 2 is 1.58 bits per heavy atom. The van der Waals surface area contributed by atoms with Gasteiger partial charge in [-0.2, -0.15) is 0 Å². The van der Waals surface area contributed by atoms with Crippen molar-refractivity contribution < 1.29 is 9.13 Å². The first kappa shape index (κ1) is 23.9. The number of aryl methyl sites for hydroxylation is 1. The fraction of sp³-hybridized carbons (Fsp3) is 0.0968. The molecule has 1 saturated heterocycles. The largest absolute Gasteiger partial charge is 0.457 e. The molecular formula is C31H25FN4OS. The van der Waals surface area contributed by atoms with Crippen molar-refractivity contribution in [2.45, 2.75) is 19.0 Å². The lowest BCUT2D eigenvalue weighted by atomic mass is 10.0. The van der Waals surface area contributed by atoms with Crippen LogP contribution in [0.5, 0.6) is 11.5 Å². The minimum absolute atomic E-state index is 0.194. The van der Waals surface area contributed by atoms with Gasteiger partial charge < -0.3 is 19.5 Å². The molecule has 0 spiro atoms. The van der Waals surface area contributed by atoms with E-state index in [9.17, 15) is 4.39 Å². The molecule has 7 heteroatoms. The Kier molecular flexibility index (Phi) is 6.35. The van der Waals surface area contributed by atoms with Gasteiger partial charge in [0.05, 0.1) is 11.7 Å². The van der Waals surface area contributed by atoms with Gasteiger partial charge in [0.25, 0.3) is 0 Å². The molecule has 1 fully saturated rings. The monoisotopic (exact) mass is 520 g/mol. The van der Waals surface area contributed by atoms with Gasteiger partial charge in [0.15, 0.2) is 5.11 Å². The number of nitrogens with zero attached hydrogens (tertiary/aromatic N) is 3. The zero-order chi connectivity index (χ0) is 26.1. The van der Waals surface area contributed by atoms with Gasteiger partial charge in [-0.15, -0.1) is 0 Å². The van der Waals surface area contributed by atoms with E-state index in [1.165, 1.54) is 12.1 Å². The summed E-state index contributed by atoms with van der Waals surface area (Å²) in [6.07, 6.45) is 3.77. The lowest BCUT2D eigenvalue weighted by Crippen LogP contribution is -2.30. The summed E-state index contributed by atoms with van der Waals surface area (Å²) in [7, 11) is 0. The van der Waals surface area contributed by atoms with Crippen molar-refractivity contribution in [1.82, 2.24) is 14.9 Å². The molecule has 5 aromatic rings. The van der Waals surface area contributed by atoms with Crippen molar-refractivity contribution in [3.63, 3.8) is 0 Å². The molecule has 3 aromatic carbocycles. The number of para-hydroxylation sites is 1. The number of hydrogen-bond donors (Lipinski definition) is 1. The third kappa shape index (κ3) is 4.53. The standard InChI is InChI=1S/C31H25FN4OS/c1-21-7-2-3-10-28(21)37-25-17-15-24(16-18-25)36-30(29(34-31(36)38)26-8-4-5-19-33-26)27-9-6-20-35(27)23-13-11-22(32)12-14-23/h2-20,29-30H,1H3,(H,34,38)/t29-,30-/m0/s1. The van der Waals surface area contributed by atoms with Crippen LogP contribution in [-0.4, -0.2) is 14.7 Å². The molecule has 2 aromatic heterocycles. The van der Waals surface area contributed by atoms with E-state index < -0.39 is 0 Å². The van der Waals surface area contributed by atoms with Gasteiger partial charge in [0, 0.05) is 29.5 Å². The first-order valence-corrected chi connectivity index (χ1v) is 12.8. The maximum atomic E-state index is 13.7. The Balaban J connectivity index is 1.40. The van der Waals surface area contributed by atoms with E-state index in [1.807, 2.05) is 85.9 Å². The van der Waals surface area contributed by atoms with Crippen LogP contribution in [0.3, 0.4) is 0 Å². The molecule has 1 N–H and O–H groups in total. The van der Waals surface area contributed by atoms with Crippen molar-refractivity contribution >= 4 is 23.0 Å². The van der Waals surface area contributed by atoms with Crippen LogP contribution in [0.15, 0.2) is 116 Å². The molecular weight excluding hydrogens is 495 g/mol. The van der Waals surface area contributed by atoms with Crippen molar-refractivity contribution in [1.29, 1.82) is 0 Å². The molecule has 1 aliphatic heterocycles. The Morgan fingerprint density at radius 3 is 2.32 bits per heavy atom. The topological polar surface area (TPSA) is 42.3 Å². The minimum atomic E-state index is -0.271. The third-order valence-corrected chi connectivity index (χ3v) is 7.04. The number of pyridine rings is 1. The van der Waals surface area contributed by atoms with Gasteiger partial charge in [0.2, 0.25) is 0 Å². The van der Waals surface area contributed by atoms with E-state index in [0.29, 0.717) is 5.11 Å². The van der Waals surface area contributed by atoms with E-state index >= 15 is 0 Å². The van der Waals surface area contributed by atoms with Gasteiger partial charge in [-0.1, -0.05) is 24.3 Å². The van der Waals surface area contributed by atoms with Gasteiger partial charge >= 0.3 is 0 Å². The number of hydrogen-bond acceptors (Lipinski definition) is 3. The summed E-state index contributed by atoms with van der Waals surface area (Å²) in [6, 6.07) is 31.9. The number of ether oxygens (including phenoxy) is 1. The van der Waals surface area contributed by atoms with E-state index in [1.54, 1.807) is 18.3 Å². The number of benzene rings is 3. The van der Waals surface area contributed by atoms with E-state index in [0.717, 1.165) is 39.8 Å². The second-order valence-corrected chi connectivity index (χ2v) is 9.52. The number of aromatic nitrogens is 2. The van der Waals surface area contributed by atoms with Crippen LogP contribution < -0.4 is 15.0 Å². The molecule has 6 rings (SSSR count). The second kappa shape index (κ2) is 10.1. The predicted molar refractivity (Wildman–Crippen MR) is 151 cm³/mol. The van der Waals surface area contributed by atoms with Crippen LogP contribution in [-0.2, 0) is 0 Å². The lowest BCUT2D eigenvalue weighted by Gasteiger charge is -2.29. The second-order valence-electron chi connectivity index (χ2n) is 9.14. The molecule has 0 unspecified atom stereocenters. The Morgan fingerprint density at radius 1 is 0.842 bits per heavy atom. The average Bonchev–Trinajstić information content (AvgIpc) is 3.56. The minimum Gasteiger partial charge on any atom is -0.457 e. The van der Waals surface area contributed by atoms with E-state index in [-0.39, 0.29) is 17.9 Å². The number of rotatable bonds is 6. The molecule has 0 amide bonds. The fourth-order valence-corrected chi connectivity index (χ4v) is 5.22. The summed E-state index contributed by atoms with van der Waals surface area (Å²) in [5, 5.41) is 4.10. The highest BCUT2D eigenvalue weighted by Gasteiger charge is 2.42. The summed E-state index contributed by atoms with van der Waals surface area (Å²) in [4.78, 5) is 6.75. The van der Waals surface area contributed by atoms with Gasteiger partial charge in [-0.25, -0.2) is 4.39 Å². The number of anilines is 1. The molecule has 0 saturated carbocycles. The van der Waals surface area contributed by atoms with Crippen LogP contribution in [0.4, 0.5) is 10.1 Å².